The lowest BCUT2D eigenvalue weighted by atomic mass is 9.97. The minimum Gasteiger partial charge on any atom is -0.338 e. The van der Waals surface area contributed by atoms with Gasteiger partial charge in [0.25, 0.3) is 5.91 Å². The molecule has 2 heterocycles. The van der Waals surface area contributed by atoms with E-state index in [2.05, 4.69) is 4.98 Å². The van der Waals surface area contributed by atoms with Gasteiger partial charge in [0.1, 0.15) is 5.82 Å². The van der Waals surface area contributed by atoms with E-state index in [1.807, 2.05) is 41.8 Å². The Bertz CT molecular complexity index is 1010. The Morgan fingerprint density at radius 1 is 1.14 bits per heavy atom. The van der Waals surface area contributed by atoms with Gasteiger partial charge in [-0.1, -0.05) is 18.2 Å². The van der Waals surface area contributed by atoms with Crippen molar-refractivity contribution in [1.82, 2.24) is 14.5 Å². The predicted octanol–water partition coefficient (Wildman–Crippen LogP) is 4.75. The number of hydrogen-bond donors (Lipinski definition) is 0. The lowest BCUT2D eigenvalue weighted by Gasteiger charge is -2.33. The standard InChI is InChI=1S/C21H20F3N3O/c1-14-25-18-12-15(9-10-19(18)27(14)17-7-3-2-4-8-17)20(28)26-11-5-6-16(13-26)21(22,23)24/h2-4,7-10,12,16H,5-6,11,13H2,1H3. The molecule has 1 fully saturated rings. The summed E-state index contributed by atoms with van der Waals surface area (Å²) in [6.45, 7) is 1.95. The third kappa shape index (κ3) is 3.37. The molecule has 1 aliphatic rings. The van der Waals surface area contributed by atoms with Gasteiger partial charge in [-0.05, 0) is 50.1 Å². The molecule has 4 nitrogen and oxygen atoms in total. The summed E-state index contributed by atoms with van der Waals surface area (Å²) in [5.74, 6) is -1.04. The number of para-hydroxylation sites is 1. The average Bonchev–Trinajstić information content (AvgIpc) is 3.02. The highest BCUT2D eigenvalue weighted by Crippen LogP contribution is 2.33. The number of carbonyl (C=O) groups is 1. The highest BCUT2D eigenvalue weighted by molar-refractivity contribution is 5.97. The fourth-order valence-electron chi connectivity index (χ4n) is 3.85. The third-order valence-electron chi connectivity index (χ3n) is 5.26. The van der Waals surface area contributed by atoms with Crippen LogP contribution in [-0.2, 0) is 0 Å². The smallest absolute Gasteiger partial charge is 0.338 e. The second kappa shape index (κ2) is 6.96. The number of fused-ring (bicyclic) bond motifs is 1. The molecule has 1 saturated heterocycles. The number of amides is 1. The first kappa shape index (κ1) is 18.5. The summed E-state index contributed by atoms with van der Waals surface area (Å²) in [6, 6.07) is 14.9. The molecule has 1 aromatic heterocycles. The van der Waals surface area contributed by atoms with E-state index in [-0.39, 0.29) is 18.9 Å². The SMILES string of the molecule is Cc1nc2cc(C(=O)N3CCCC(C(F)(F)F)C3)ccc2n1-c1ccccc1. The van der Waals surface area contributed by atoms with Crippen LogP contribution in [0, 0.1) is 12.8 Å². The van der Waals surface area contributed by atoms with Crippen molar-refractivity contribution in [2.75, 3.05) is 13.1 Å². The number of hydrogen-bond acceptors (Lipinski definition) is 2. The third-order valence-corrected chi connectivity index (χ3v) is 5.26. The lowest BCUT2D eigenvalue weighted by molar-refractivity contribution is -0.184. The second-order valence-electron chi connectivity index (χ2n) is 7.17. The zero-order chi connectivity index (χ0) is 19.9. The topological polar surface area (TPSA) is 38.1 Å². The number of rotatable bonds is 2. The molecule has 7 heteroatoms. The summed E-state index contributed by atoms with van der Waals surface area (Å²) in [5, 5.41) is 0. The Kier molecular flexibility index (Phi) is 4.61. The lowest BCUT2D eigenvalue weighted by Crippen LogP contribution is -2.44. The van der Waals surface area contributed by atoms with Crippen LogP contribution in [0.5, 0.6) is 0 Å². The number of halogens is 3. The summed E-state index contributed by atoms with van der Waals surface area (Å²) in [7, 11) is 0. The Morgan fingerprint density at radius 3 is 2.61 bits per heavy atom. The first-order chi connectivity index (χ1) is 13.3. The Morgan fingerprint density at radius 2 is 1.89 bits per heavy atom. The van der Waals surface area contributed by atoms with E-state index in [1.54, 1.807) is 18.2 Å². The van der Waals surface area contributed by atoms with Crippen molar-refractivity contribution < 1.29 is 18.0 Å². The molecule has 1 unspecified atom stereocenters. The summed E-state index contributed by atoms with van der Waals surface area (Å²) < 4.78 is 41.1. The normalized spacial score (nSPS) is 17.9. The zero-order valence-electron chi connectivity index (χ0n) is 15.4. The molecule has 0 saturated carbocycles. The van der Waals surface area contributed by atoms with Gasteiger partial charge in [-0.2, -0.15) is 13.2 Å². The van der Waals surface area contributed by atoms with Gasteiger partial charge in [0, 0.05) is 24.3 Å². The van der Waals surface area contributed by atoms with E-state index in [9.17, 15) is 18.0 Å². The van der Waals surface area contributed by atoms with Gasteiger partial charge in [0.15, 0.2) is 0 Å². The van der Waals surface area contributed by atoms with Crippen LogP contribution in [0.1, 0.15) is 29.0 Å². The highest BCUT2D eigenvalue weighted by Gasteiger charge is 2.42. The van der Waals surface area contributed by atoms with Crippen LogP contribution >= 0.6 is 0 Å². The van der Waals surface area contributed by atoms with E-state index in [0.717, 1.165) is 17.0 Å². The molecule has 0 N–H and O–H groups in total. The molecule has 2 aromatic carbocycles. The van der Waals surface area contributed by atoms with Gasteiger partial charge in [-0.3, -0.25) is 9.36 Å². The summed E-state index contributed by atoms with van der Waals surface area (Å²) in [5.41, 5.74) is 2.84. The second-order valence-corrected chi connectivity index (χ2v) is 7.17. The van der Waals surface area contributed by atoms with Crippen molar-refractivity contribution in [2.45, 2.75) is 25.9 Å². The molecular formula is C21H20F3N3O. The number of aryl methyl sites for hydroxylation is 1. The van der Waals surface area contributed by atoms with Crippen molar-refractivity contribution in [3.63, 3.8) is 0 Å². The molecule has 0 aliphatic carbocycles. The first-order valence-corrected chi connectivity index (χ1v) is 9.25. The molecule has 28 heavy (non-hydrogen) atoms. The van der Waals surface area contributed by atoms with Gasteiger partial charge in [0.2, 0.25) is 0 Å². The van der Waals surface area contributed by atoms with Crippen LogP contribution in [-0.4, -0.2) is 39.6 Å². The maximum absolute atomic E-state index is 13.0. The minimum absolute atomic E-state index is 0.0764. The van der Waals surface area contributed by atoms with E-state index in [1.165, 1.54) is 4.90 Å². The largest absolute Gasteiger partial charge is 0.393 e. The molecule has 1 amide bonds. The number of benzene rings is 2. The Labute approximate surface area is 160 Å². The maximum Gasteiger partial charge on any atom is 0.393 e. The number of imidazole rings is 1. The molecule has 1 aliphatic heterocycles. The highest BCUT2D eigenvalue weighted by atomic mass is 19.4. The number of alkyl halides is 3. The van der Waals surface area contributed by atoms with Crippen LogP contribution in [0.25, 0.3) is 16.7 Å². The van der Waals surface area contributed by atoms with E-state index in [0.29, 0.717) is 24.0 Å². The minimum atomic E-state index is -4.27. The van der Waals surface area contributed by atoms with Crippen molar-refractivity contribution in [3.05, 3.63) is 59.9 Å². The number of likely N-dealkylation sites (tertiary alicyclic amines) is 1. The zero-order valence-corrected chi connectivity index (χ0v) is 15.4. The fourth-order valence-corrected chi connectivity index (χ4v) is 3.85. The van der Waals surface area contributed by atoms with Crippen LogP contribution in [0.3, 0.4) is 0 Å². The summed E-state index contributed by atoms with van der Waals surface area (Å²) in [6.07, 6.45) is -3.83. The van der Waals surface area contributed by atoms with E-state index in [4.69, 9.17) is 0 Å². The number of piperidine rings is 1. The van der Waals surface area contributed by atoms with Gasteiger partial charge < -0.3 is 4.90 Å². The molecule has 3 aromatic rings. The summed E-state index contributed by atoms with van der Waals surface area (Å²) >= 11 is 0. The summed E-state index contributed by atoms with van der Waals surface area (Å²) in [4.78, 5) is 18.7. The monoisotopic (exact) mass is 387 g/mol. The molecule has 4 rings (SSSR count). The maximum atomic E-state index is 13.0. The van der Waals surface area contributed by atoms with Gasteiger partial charge in [-0.15, -0.1) is 0 Å². The van der Waals surface area contributed by atoms with Crippen LogP contribution in [0.4, 0.5) is 13.2 Å². The van der Waals surface area contributed by atoms with Gasteiger partial charge in [-0.25, -0.2) is 4.98 Å². The molecule has 1 atom stereocenters. The van der Waals surface area contributed by atoms with E-state index >= 15 is 0 Å². The van der Waals surface area contributed by atoms with Crippen molar-refractivity contribution in [3.8, 4) is 5.69 Å². The molecule has 0 radical (unpaired) electrons. The average molecular weight is 387 g/mol. The quantitative estimate of drug-likeness (QED) is 0.637. The molecular weight excluding hydrogens is 367 g/mol. The van der Waals surface area contributed by atoms with Crippen LogP contribution in [0.2, 0.25) is 0 Å². The molecule has 0 spiro atoms. The van der Waals surface area contributed by atoms with Crippen molar-refractivity contribution in [2.24, 2.45) is 5.92 Å². The Hall–Kier alpha value is -2.83. The van der Waals surface area contributed by atoms with Crippen molar-refractivity contribution in [1.29, 1.82) is 0 Å². The van der Waals surface area contributed by atoms with Crippen molar-refractivity contribution >= 4 is 16.9 Å². The fraction of sp³-hybridized carbons (Fsp3) is 0.333. The number of nitrogens with zero attached hydrogens (tertiary/aromatic N) is 3. The molecule has 0 bridgehead atoms. The molecule has 146 valence electrons. The number of aromatic nitrogens is 2. The predicted molar refractivity (Wildman–Crippen MR) is 100 cm³/mol. The van der Waals surface area contributed by atoms with Crippen LogP contribution < -0.4 is 0 Å². The van der Waals surface area contributed by atoms with Gasteiger partial charge in [0.05, 0.1) is 17.0 Å². The van der Waals surface area contributed by atoms with Gasteiger partial charge >= 0.3 is 6.18 Å². The Balaban J connectivity index is 1.64. The van der Waals surface area contributed by atoms with Crippen LogP contribution in [0.15, 0.2) is 48.5 Å². The van der Waals surface area contributed by atoms with E-state index < -0.39 is 12.1 Å². The first-order valence-electron chi connectivity index (χ1n) is 9.25. The number of carbonyl (C=O) groups excluding carboxylic acids is 1.